The normalized spacial score (nSPS) is 14.4. The van der Waals surface area contributed by atoms with Crippen molar-refractivity contribution < 1.29 is 8.98 Å². The molecule has 0 aliphatic carbocycles. The molecule has 0 bridgehead atoms. The van der Waals surface area contributed by atoms with Crippen LogP contribution < -0.4 is 15.6 Å². The lowest BCUT2D eigenvalue weighted by molar-refractivity contribution is -0.510. The maximum absolute atomic E-state index is 6.02. The number of hydrogen-bond acceptors (Lipinski definition) is 1. The molecule has 0 radical (unpaired) electrons. The van der Waals surface area contributed by atoms with Crippen LogP contribution in [-0.2, 0) is 7.05 Å². The quantitative estimate of drug-likeness (QED) is 0.323. The Morgan fingerprint density at radius 3 is 2.67 bits per heavy atom. The second kappa shape index (κ2) is 7.23. The minimum absolute atomic E-state index is 0.628. The van der Waals surface area contributed by atoms with E-state index in [9.17, 15) is 0 Å². The van der Waals surface area contributed by atoms with Gasteiger partial charge in [0.25, 0.3) is 5.65 Å². The fraction of sp³-hybridized carbons (Fsp3) is 0.286. The van der Waals surface area contributed by atoms with Gasteiger partial charge in [-0.05, 0) is 49.1 Å². The highest BCUT2D eigenvalue weighted by Gasteiger charge is 2.16. The largest absolute Gasteiger partial charge is 0.367 e. The van der Waals surface area contributed by atoms with Crippen LogP contribution in [0.5, 0.6) is 0 Å². The van der Waals surface area contributed by atoms with E-state index in [4.69, 9.17) is 5.73 Å². The number of rotatable bonds is 3. The van der Waals surface area contributed by atoms with E-state index in [0.29, 0.717) is 5.96 Å². The molecular weight excluding hydrogens is 336 g/mol. The molecular formula is C21H26N6+2. The molecule has 1 aromatic carbocycles. The third-order valence-corrected chi connectivity index (χ3v) is 5.13. The Kier molecular flexibility index (Phi) is 4.62. The zero-order valence-electron chi connectivity index (χ0n) is 15.9. The summed E-state index contributed by atoms with van der Waals surface area (Å²) in [6.45, 7) is 4.12. The van der Waals surface area contributed by atoms with Gasteiger partial charge in [0.1, 0.15) is 6.20 Å². The van der Waals surface area contributed by atoms with Gasteiger partial charge in [-0.1, -0.05) is 12.1 Å². The Morgan fingerprint density at radius 2 is 1.93 bits per heavy atom. The molecule has 0 spiro atoms. The minimum Gasteiger partial charge on any atom is -0.289 e. The number of nitrogens with two attached hydrogens (primary N) is 1. The summed E-state index contributed by atoms with van der Waals surface area (Å²) in [5, 5.41) is 4.26. The van der Waals surface area contributed by atoms with Gasteiger partial charge in [0.2, 0.25) is 0 Å². The number of guanidine groups is 1. The van der Waals surface area contributed by atoms with Crippen molar-refractivity contribution in [3.8, 4) is 11.3 Å². The fourth-order valence-corrected chi connectivity index (χ4v) is 3.53. The van der Waals surface area contributed by atoms with Crippen molar-refractivity contribution in [3.63, 3.8) is 0 Å². The SMILES string of the molecule is Cc1cc[n+]2cc(-c3ccc(/C=N\NC(N)=[N+]4CCCC4)cc3)n(C)c2c1. The van der Waals surface area contributed by atoms with Crippen LogP contribution in [-0.4, -0.2) is 34.4 Å². The zero-order valence-corrected chi connectivity index (χ0v) is 15.9. The lowest BCUT2D eigenvalue weighted by Gasteiger charge is -2.00. The van der Waals surface area contributed by atoms with Crippen molar-refractivity contribution in [2.24, 2.45) is 17.9 Å². The van der Waals surface area contributed by atoms with Gasteiger partial charge in [0.15, 0.2) is 5.69 Å². The van der Waals surface area contributed by atoms with Gasteiger partial charge >= 0.3 is 5.96 Å². The first-order valence-electron chi connectivity index (χ1n) is 9.36. The zero-order chi connectivity index (χ0) is 18.8. The molecule has 0 saturated carbocycles. The van der Waals surface area contributed by atoms with Gasteiger partial charge in [-0.2, -0.15) is 5.43 Å². The van der Waals surface area contributed by atoms with E-state index in [0.717, 1.165) is 18.7 Å². The van der Waals surface area contributed by atoms with E-state index < -0.39 is 0 Å². The second-order valence-electron chi connectivity index (χ2n) is 7.11. The van der Waals surface area contributed by atoms with Gasteiger partial charge in [-0.15, -0.1) is 5.10 Å². The van der Waals surface area contributed by atoms with E-state index in [1.54, 1.807) is 6.21 Å². The van der Waals surface area contributed by atoms with E-state index in [1.165, 1.54) is 35.3 Å². The molecule has 4 rings (SSSR count). The molecule has 0 atom stereocenters. The lowest BCUT2D eigenvalue weighted by Crippen LogP contribution is -2.37. The average molecular weight is 362 g/mol. The number of hydrazone groups is 1. The predicted octanol–water partition coefficient (Wildman–Crippen LogP) is 1.78. The summed E-state index contributed by atoms with van der Waals surface area (Å²) < 4.78 is 6.49. The van der Waals surface area contributed by atoms with Crippen LogP contribution in [0, 0.1) is 6.92 Å². The molecule has 1 aliphatic heterocycles. The number of imidazole rings is 1. The molecule has 0 unspecified atom stereocenters. The summed E-state index contributed by atoms with van der Waals surface area (Å²) in [5.41, 5.74) is 14.8. The van der Waals surface area contributed by atoms with Crippen molar-refractivity contribution in [2.75, 3.05) is 13.1 Å². The third kappa shape index (κ3) is 3.56. The maximum atomic E-state index is 6.02. The van der Waals surface area contributed by atoms with Crippen LogP contribution in [0.3, 0.4) is 0 Å². The maximum Gasteiger partial charge on any atom is 0.367 e. The monoisotopic (exact) mass is 362 g/mol. The first kappa shape index (κ1) is 17.3. The Balaban J connectivity index is 1.51. The molecule has 3 N–H and O–H groups in total. The van der Waals surface area contributed by atoms with E-state index in [2.05, 4.69) is 86.8 Å². The summed E-state index contributed by atoms with van der Waals surface area (Å²) in [6.07, 6.45) is 8.44. The number of aryl methyl sites for hydroxylation is 2. The third-order valence-electron chi connectivity index (χ3n) is 5.13. The number of pyridine rings is 1. The summed E-state index contributed by atoms with van der Waals surface area (Å²) in [4.78, 5) is 0. The smallest absolute Gasteiger partial charge is 0.289 e. The number of fused-ring (bicyclic) bond motifs is 1. The summed E-state index contributed by atoms with van der Waals surface area (Å²) in [7, 11) is 2.10. The Hall–Kier alpha value is -3.15. The molecule has 0 amide bonds. The van der Waals surface area contributed by atoms with Crippen LogP contribution in [0.2, 0.25) is 0 Å². The average Bonchev–Trinajstić information content (AvgIpc) is 3.31. The summed E-state index contributed by atoms with van der Waals surface area (Å²) in [6, 6.07) is 12.7. The molecule has 1 saturated heterocycles. The molecule has 2 aromatic heterocycles. The molecule has 1 fully saturated rings. The van der Waals surface area contributed by atoms with Gasteiger partial charge < -0.3 is 0 Å². The van der Waals surface area contributed by atoms with Crippen molar-refractivity contribution >= 4 is 17.8 Å². The van der Waals surface area contributed by atoms with Crippen LogP contribution in [0.4, 0.5) is 0 Å². The standard InChI is InChI=1S/C21H25N6/c1-16-9-12-27-15-19(25(2)20(27)13-16)18-7-5-17(6-8-18)14-23-24-21(22)26-10-3-4-11-26/h5-9,12-15H,3-4,10-11H2,1-2H3,(H2,22,24)/q+1/p+1/b23-14-. The molecule has 3 heterocycles. The minimum atomic E-state index is 0.628. The molecule has 27 heavy (non-hydrogen) atoms. The van der Waals surface area contributed by atoms with Crippen LogP contribution in [0.15, 0.2) is 53.9 Å². The second-order valence-corrected chi connectivity index (χ2v) is 7.11. The van der Waals surface area contributed by atoms with E-state index in [1.807, 2.05) is 0 Å². The number of benzene rings is 1. The van der Waals surface area contributed by atoms with Gasteiger partial charge in [-0.25, -0.2) is 8.97 Å². The van der Waals surface area contributed by atoms with Crippen molar-refractivity contribution in [3.05, 3.63) is 59.9 Å². The topological polar surface area (TPSA) is 62.5 Å². The Bertz CT molecular complexity index is 1020. The van der Waals surface area contributed by atoms with Crippen molar-refractivity contribution in [1.29, 1.82) is 0 Å². The van der Waals surface area contributed by atoms with Gasteiger partial charge in [0, 0.05) is 11.6 Å². The highest BCUT2D eigenvalue weighted by Crippen LogP contribution is 2.20. The lowest BCUT2D eigenvalue weighted by atomic mass is 10.1. The molecule has 6 nitrogen and oxygen atoms in total. The Morgan fingerprint density at radius 1 is 1.19 bits per heavy atom. The van der Waals surface area contributed by atoms with Crippen LogP contribution >= 0.6 is 0 Å². The number of hydrogen-bond donors (Lipinski definition) is 2. The molecule has 138 valence electrons. The summed E-state index contributed by atoms with van der Waals surface area (Å²) in [5.74, 6) is 0.628. The molecule has 6 heteroatoms. The number of aromatic nitrogens is 2. The van der Waals surface area contributed by atoms with Crippen LogP contribution in [0.1, 0.15) is 24.0 Å². The highest BCUT2D eigenvalue weighted by molar-refractivity contribution is 5.82. The van der Waals surface area contributed by atoms with E-state index in [-0.39, 0.29) is 0 Å². The van der Waals surface area contributed by atoms with Crippen LogP contribution in [0.25, 0.3) is 16.9 Å². The van der Waals surface area contributed by atoms with Crippen molar-refractivity contribution in [1.82, 2.24) is 9.99 Å². The predicted molar refractivity (Wildman–Crippen MR) is 108 cm³/mol. The molecule has 3 aromatic rings. The highest BCUT2D eigenvalue weighted by atomic mass is 15.4. The van der Waals surface area contributed by atoms with Gasteiger partial charge in [-0.3, -0.25) is 10.3 Å². The molecule has 1 aliphatic rings. The van der Waals surface area contributed by atoms with Gasteiger partial charge in [0.05, 0.1) is 32.5 Å². The van der Waals surface area contributed by atoms with Crippen molar-refractivity contribution in [2.45, 2.75) is 19.8 Å². The first-order valence-corrected chi connectivity index (χ1v) is 9.36. The summed E-state index contributed by atoms with van der Waals surface area (Å²) >= 11 is 0. The number of nitrogens with zero attached hydrogens (tertiary/aromatic N) is 4. The first-order chi connectivity index (χ1) is 13.1. The van der Waals surface area contributed by atoms with E-state index >= 15 is 0 Å². The Labute approximate surface area is 159 Å². The number of nitrogens with one attached hydrogen (secondary N) is 1. The fourth-order valence-electron chi connectivity index (χ4n) is 3.53.